The Kier molecular flexibility index (Phi) is 4.73. The van der Waals surface area contributed by atoms with Crippen LogP contribution >= 0.6 is 0 Å². The van der Waals surface area contributed by atoms with Crippen molar-refractivity contribution in [2.75, 3.05) is 7.05 Å². The van der Waals surface area contributed by atoms with E-state index in [0.717, 1.165) is 0 Å². The molecule has 0 saturated heterocycles. The fourth-order valence-corrected chi connectivity index (χ4v) is 1.99. The number of carbonyl (C=O) groups excluding carboxylic acids is 2. The second-order valence-corrected chi connectivity index (χ2v) is 4.80. The average Bonchev–Trinajstić information content (AvgIpc) is 2.55. The van der Waals surface area contributed by atoms with Crippen LogP contribution in [0.2, 0.25) is 0 Å². The number of rotatable bonds is 4. The molecule has 0 unspecified atom stereocenters. The van der Waals surface area contributed by atoms with E-state index in [0.29, 0.717) is 5.56 Å². The van der Waals surface area contributed by atoms with Crippen molar-refractivity contribution in [1.82, 2.24) is 15.2 Å². The van der Waals surface area contributed by atoms with E-state index in [1.54, 1.807) is 31.3 Å². The third kappa shape index (κ3) is 3.41. The van der Waals surface area contributed by atoms with Crippen LogP contribution in [0.1, 0.15) is 22.0 Å². The summed E-state index contributed by atoms with van der Waals surface area (Å²) >= 11 is 0. The van der Waals surface area contributed by atoms with Gasteiger partial charge in [-0.05, 0) is 11.6 Å². The van der Waals surface area contributed by atoms with Gasteiger partial charge in [0.25, 0.3) is 11.5 Å². The number of carbonyl (C=O) groups is 2. The van der Waals surface area contributed by atoms with Crippen LogP contribution < -0.4 is 16.2 Å². The van der Waals surface area contributed by atoms with Gasteiger partial charge in [0.05, 0.1) is 0 Å². The molecular formula is C16H17N3O3. The molecule has 6 nitrogen and oxygen atoms in total. The summed E-state index contributed by atoms with van der Waals surface area (Å²) in [6.07, 6.45) is 1.51. The highest BCUT2D eigenvalue weighted by Gasteiger charge is 2.22. The molecule has 1 aromatic carbocycles. The van der Waals surface area contributed by atoms with Crippen LogP contribution in [0.5, 0.6) is 0 Å². The number of nitrogens with one attached hydrogen (secondary N) is 2. The molecule has 0 aliphatic rings. The summed E-state index contributed by atoms with van der Waals surface area (Å²) in [6.45, 7) is 0. The van der Waals surface area contributed by atoms with Crippen LogP contribution in [0.25, 0.3) is 0 Å². The molecule has 114 valence electrons. The predicted molar refractivity (Wildman–Crippen MR) is 82.4 cm³/mol. The molecule has 0 spiro atoms. The fraction of sp³-hybridized carbons (Fsp3) is 0.188. The fourth-order valence-electron chi connectivity index (χ4n) is 1.99. The first-order chi connectivity index (χ1) is 10.5. The van der Waals surface area contributed by atoms with Gasteiger partial charge in [0.1, 0.15) is 6.04 Å². The van der Waals surface area contributed by atoms with Crippen molar-refractivity contribution in [3.8, 4) is 0 Å². The molecule has 0 bridgehead atoms. The lowest BCUT2D eigenvalue weighted by Gasteiger charge is -2.17. The van der Waals surface area contributed by atoms with Gasteiger partial charge in [0.2, 0.25) is 5.91 Å². The standard InChI is InChI=1S/C16H17N3O3/c1-17-16(22)14(11-6-4-3-5-7-11)18-15(21)12-8-9-19(2)13(20)10-12/h3-10,14H,1-2H3,(H,17,22)(H,18,21)/t14-/m0/s1. The average molecular weight is 299 g/mol. The van der Waals surface area contributed by atoms with Gasteiger partial charge in [-0.25, -0.2) is 0 Å². The van der Waals surface area contributed by atoms with Crippen molar-refractivity contribution in [2.24, 2.45) is 7.05 Å². The van der Waals surface area contributed by atoms with Gasteiger partial charge >= 0.3 is 0 Å². The van der Waals surface area contributed by atoms with Crippen LogP contribution in [0.4, 0.5) is 0 Å². The third-order valence-corrected chi connectivity index (χ3v) is 3.28. The summed E-state index contributed by atoms with van der Waals surface area (Å²) in [5.41, 5.74) is 0.593. The Labute approximate surface area is 127 Å². The summed E-state index contributed by atoms with van der Waals surface area (Å²) in [6, 6.07) is 10.9. The molecule has 0 aliphatic carbocycles. The zero-order chi connectivity index (χ0) is 16.1. The highest BCUT2D eigenvalue weighted by atomic mass is 16.2. The van der Waals surface area contributed by atoms with Crippen molar-refractivity contribution in [3.05, 3.63) is 70.1 Å². The summed E-state index contributed by atoms with van der Waals surface area (Å²) in [5, 5.41) is 5.17. The van der Waals surface area contributed by atoms with Crippen LogP contribution in [-0.2, 0) is 11.8 Å². The Morgan fingerprint density at radius 3 is 2.41 bits per heavy atom. The Morgan fingerprint density at radius 1 is 1.14 bits per heavy atom. The maximum Gasteiger partial charge on any atom is 0.252 e. The van der Waals surface area contributed by atoms with E-state index in [9.17, 15) is 14.4 Å². The van der Waals surface area contributed by atoms with Gasteiger partial charge in [-0.15, -0.1) is 0 Å². The molecule has 0 aliphatic heterocycles. The van der Waals surface area contributed by atoms with Crippen molar-refractivity contribution in [3.63, 3.8) is 0 Å². The van der Waals surface area contributed by atoms with Gasteiger partial charge in [-0.1, -0.05) is 30.3 Å². The molecule has 22 heavy (non-hydrogen) atoms. The van der Waals surface area contributed by atoms with Gasteiger partial charge in [0.15, 0.2) is 0 Å². The lowest BCUT2D eigenvalue weighted by Crippen LogP contribution is -2.39. The number of amides is 2. The quantitative estimate of drug-likeness (QED) is 0.867. The number of pyridine rings is 1. The number of hydrogen-bond acceptors (Lipinski definition) is 3. The number of aromatic nitrogens is 1. The number of nitrogens with zero attached hydrogens (tertiary/aromatic N) is 1. The molecule has 0 radical (unpaired) electrons. The Bertz CT molecular complexity index is 738. The third-order valence-electron chi connectivity index (χ3n) is 3.28. The van der Waals surface area contributed by atoms with E-state index in [1.165, 1.54) is 29.9 Å². The van der Waals surface area contributed by atoms with Crippen molar-refractivity contribution in [1.29, 1.82) is 0 Å². The first-order valence-electron chi connectivity index (χ1n) is 6.77. The summed E-state index contributed by atoms with van der Waals surface area (Å²) in [4.78, 5) is 35.9. The van der Waals surface area contributed by atoms with E-state index in [4.69, 9.17) is 0 Å². The van der Waals surface area contributed by atoms with Crippen LogP contribution in [0, 0.1) is 0 Å². The maximum absolute atomic E-state index is 12.3. The largest absolute Gasteiger partial charge is 0.357 e. The number of aryl methyl sites for hydroxylation is 1. The van der Waals surface area contributed by atoms with Gasteiger partial charge in [0, 0.05) is 31.9 Å². The molecule has 1 aromatic heterocycles. The van der Waals surface area contributed by atoms with Crippen molar-refractivity contribution in [2.45, 2.75) is 6.04 Å². The molecule has 2 rings (SSSR count). The first kappa shape index (κ1) is 15.5. The lowest BCUT2D eigenvalue weighted by atomic mass is 10.1. The van der Waals surface area contributed by atoms with Crippen molar-refractivity contribution >= 4 is 11.8 Å². The normalized spacial score (nSPS) is 11.5. The zero-order valence-electron chi connectivity index (χ0n) is 12.4. The smallest absolute Gasteiger partial charge is 0.252 e. The van der Waals surface area contributed by atoms with Gasteiger partial charge < -0.3 is 15.2 Å². The SMILES string of the molecule is CNC(=O)[C@@H](NC(=O)c1ccn(C)c(=O)c1)c1ccccc1. The van der Waals surface area contributed by atoms with Gasteiger partial charge in [-0.3, -0.25) is 14.4 Å². The van der Waals surface area contributed by atoms with E-state index in [2.05, 4.69) is 10.6 Å². The monoisotopic (exact) mass is 299 g/mol. The second kappa shape index (κ2) is 6.71. The summed E-state index contributed by atoms with van der Waals surface area (Å²) in [5.74, 6) is -0.807. The topological polar surface area (TPSA) is 80.2 Å². The first-order valence-corrected chi connectivity index (χ1v) is 6.77. The highest BCUT2D eigenvalue weighted by molar-refractivity contribution is 5.97. The minimum atomic E-state index is -0.817. The molecule has 0 saturated carbocycles. The second-order valence-electron chi connectivity index (χ2n) is 4.80. The molecule has 1 atom stereocenters. The molecule has 2 amide bonds. The summed E-state index contributed by atoms with van der Waals surface area (Å²) in [7, 11) is 3.10. The highest BCUT2D eigenvalue weighted by Crippen LogP contribution is 2.13. The Balaban J connectivity index is 2.27. The number of hydrogen-bond donors (Lipinski definition) is 2. The van der Waals surface area contributed by atoms with E-state index >= 15 is 0 Å². The zero-order valence-corrected chi connectivity index (χ0v) is 12.4. The molecule has 2 aromatic rings. The molecule has 1 heterocycles. The minimum absolute atomic E-state index is 0.216. The minimum Gasteiger partial charge on any atom is -0.357 e. The molecular weight excluding hydrogens is 282 g/mol. The number of likely N-dealkylation sites (N-methyl/N-ethyl adjacent to an activating group) is 1. The van der Waals surface area contributed by atoms with Crippen LogP contribution in [-0.4, -0.2) is 23.4 Å². The molecule has 2 N–H and O–H groups in total. The summed E-state index contributed by atoms with van der Waals surface area (Å²) < 4.78 is 1.37. The van der Waals surface area contributed by atoms with E-state index in [-0.39, 0.29) is 17.0 Å². The number of benzene rings is 1. The predicted octanol–water partition coefficient (Wildman–Crippen LogP) is 0.602. The maximum atomic E-state index is 12.3. The molecule has 0 fully saturated rings. The van der Waals surface area contributed by atoms with E-state index in [1.807, 2.05) is 6.07 Å². The van der Waals surface area contributed by atoms with Crippen LogP contribution in [0.3, 0.4) is 0 Å². The Hall–Kier alpha value is -2.89. The van der Waals surface area contributed by atoms with Gasteiger partial charge in [-0.2, -0.15) is 0 Å². The van der Waals surface area contributed by atoms with Crippen molar-refractivity contribution < 1.29 is 9.59 Å². The lowest BCUT2D eigenvalue weighted by molar-refractivity contribution is -0.122. The molecule has 6 heteroatoms. The van der Waals surface area contributed by atoms with Crippen LogP contribution in [0.15, 0.2) is 53.5 Å². The Morgan fingerprint density at radius 2 is 1.82 bits per heavy atom. The van der Waals surface area contributed by atoms with E-state index < -0.39 is 11.9 Å².